The molecule has 4 heterocycles. The van der Waals surface area contributed by atoms with Gasteiger partial charge in [0.1, 0.15) is 35.8 Å². The molecule has 5 rings (SSSR count). The molecule has 2 aliphatic heterocycles. The summed E-state index contributed by atoms with van der Waals surface area (Å²) in [7, 11) is 1.68. The number of methoxy groups -OCH3 is 1. The summed E-state index contributed by atoms with van der Waals surface area (Å²) in [6, 6.07) is 11.8. The molecular formula is C24H25N5O3. The SMILES string of the molecule is COc1ccc2c(c1)C=C(CN1CCO[C@H](c3cccc(Nc4cnccn4)n3)C1)CO2. The van der Waals surface area contributed by atoms with Crippen molar-refractivity contribution in [3.8, 4) is 11.5 Å². The second kappa shape index (κ2) is 9.33. The summed E-state index contributed by atoms with van der Waals surface area (Å²) in [4.78, 5) is 15.4. The topological polar surface area (TPSA) is 81.6 Å². The Morgan fingerprint density at radius 2 is 2.16 bits per heavy atom. The Hall–Kier alpha value is -3.49. The Morgan fingerprint density at radius 3 is 3.03 bits per heavy atom. The fourth-order valence-electron chi connectivity index (χ4n) is 3.93. The van der Waals surface area contributed by atoms with Gasteiger partial charge in [-0.05, 0) is 42.0 Å². The molecule has 1 atom stereocenters. The molecule has 0 radical (unpaired) electrons. The van der Waals surface area contributed by atoms with Gasteiger partial charge in [0.05, 0.1) is 25.6 Å². The van der Waals surface area contributed by atoms with Crippen LogP contribution in [-0.4, -0.2) is 59.8 Å². The largest absolute Gasteiger partial charge is 0.497 e. The quantitative estimate of drug-likeness (QED) is 0.635. The third-order valence-electron chi connectivity index (χ3n) is 5.49. The zero-order chi connectivity index (χ0) is 21.8. The Balaban J connectivity index is 1.26. The lowest BCUT2D eigenvalue weighted by atomic mass is 10.1. The number of aromatic nitrogens is 3. The smallest absolute Gasteiger partial charge is 0.150 e. The lowest BCUT2D eigenvalue weighted by Gasteiger charge is -2.33. The number of ether oxygens (including phenoxy) is 3. The van der Waals surface area contributed by atoms with Crippen LogP contribution in [0.25, 0.3) is 6.08 Å². The summed E-state index contributed by atoms with van der Waals surface area (Å²) in [6.45, 7) is 3.72. The minimum atomic E-state index is -0.0927. The Kier molecular flexibility index (Phi) is 5.96. The van der Waals surface area contributed by atoms with Crippen molar-refractivity contribution >= 4 is 17.7 Å². The maximum Gasteiger partial charge on any atom is 0.150 e. The number of benzene rings is 1. The average molecular weight is 431 g/mol. The van der Waals surface area contributed by atoms with E-state index in [9.17, 15) is 0 Å². The molecule has 0 amide bonds. The second-order valence-corrected chi connectivity index (χ2v) is 7.75. The minimum absolute atomic E-state index is 0.0927. The van der Waals surface area contributed by atoms with Crippen LogP contribution in [0.5, 0.6) is 11.5 Å². The van der Waals surface area contributed by atoms with Gasteiger partial charge in [-0.25, -0.2) is 9.97 Å². The minimum Gasteiger partial charge on any atom is -0.497 e. The molecule has 3 aromatic rings. The van der Waals surface area contributed by atoms with Crippen molar-refractivity contribution in [2.45, 2.75) is 6.10 Å². The number of hydrogen-bond acceptors (Lipinski definition) is 8. The van der Waals surface area contributed by atoms with Crippen molar-refractivity contribution in [3.63, 3.8) is 0 Å². The molecular weight excluding hydrogens is 406 g/mol. The predicted octanol–water partition coefficient (Wildman–Crippen LogP) is 3.47. The molecule has 8 nitrogen and oxygen atoms in total. The molecule has 8 heteroatoms. The van der Waals surface area contributed by atoms with E-state index in [1.54, 1.807) is 25.7 Å². The monoisotopic (exact) mass is 431 g/mol. The molecule has 2 aromatic heterocycles. The van der Waals surface area contributed by atoms with Gasteiger partial charge in [-0.3, -0.25) is 9.88 Å². The van der Waals surface area contributed by atoms with Crippen molar-refractivity contribution in [2.24, 2.45) is 0 Å². The van der Waals surface area contributed by atoms with Crippen molar-refractivity contribution in [3.05, 3.63) is 71.8 Å². The van der Waals surface area contributed by atoms with E-state index in [2.05, 4.69) is 26.3 Å². The van der Waals surface area contributed by atoms with Crippen LogP contribution >= 0.6 is 0 Å². The van der Waals surface area contributed by atoms with Crippen molar-refractivity contribution in [1.29, 1.82) is 0 Å². The van der Waals surface area contributed by atoms with E-state index in [0.29, 0.717) is 19.0 Å². The molecule has 164 valence electrons. The molecule has 2 aliphatic rings. The van der Waals surface area contributed by atoms with Gasteiger partial charge in [-0.2, -0.15) is 0 Å². The lowest BCUT2D eigenvalue weighted by Crippen LogP contribution is -2.40. The summed E-state index contributed by atoms with van der Waals surface area (Å²) >= 11 is 0. The fraction of sp³-hybridized carbons (Fsp3) is 0.292. The van der Waals surface area contributed by atoms with E-state index in [1.165, 1.54) is 5.57 Å². The first-order chi connectivity index (χ1) is 15.8. The molecule has 0 bridgehead atoms. The molecule has 0 unspecified atom stereocenters. The summed E-state index contributed by atoms with van der Waals surface area (Å²) in [5, 5.41) is 3.19. The maximum absolute atomic E-state index is 6.05. The van der Waals surface area contributed by atoms with Gasteiger partial charge in [0, 0.05) is 37.6 Å². The summed E-state index contributed by atoms with van der Waals surface area (Å²) in [5.74, 6) is 3.10. The van der Waals surface area contributed by atoms with Gasteiger partial charge in [0.2, 0.25) is 0 Å². The van der Waals surface area contributed by atoms with Crippen LogP contribution in [0.4, 0.5) is 11.6 Å². The Labute approximate surface area is 186 Å². The van der Waals surface area contributed by atoms with Gasteiger partial charge in [-0.15, -0.1) is 0 Å². The molecule has 0 aliphatic carbocycles. The molecule has 1 fully saturated rings. The summed E-state index contributed by atoms with van der Waals surface area (Å²) in [5.41, 5.74) is 3.19. The highest BCUT2D eigenvalue weighted by Crippen LogP contribution is 2.31. The number of nitrogens with one attached hydrogen (secondary N) is 1. The van der Waals surface area contributed by atoms with Crippen LogP contribution in [0.2, 0.25) is 0 Å². The zero-order valence-corrected chi connectivity index (χ0v) is 17.9. The number of rotatable bonds is 6. The third kappa shape index (κ3) is 4.71. The first-order valence-corrected chi connectivity index (χ1v) is 10.6. The van der Waals surface area contributed by atoms with Gasteiger partial charge in [0.25, 0.3) is 0 Å². The van der Waals surface area contributed by atoms with Crippen molar-refractivity contribution in [1.82, 2.24) is 19.9 Å². The van der Waals surface area contributed by atoms with Crippen molar-refractivity contribution < 1.29 is 14.2 Å². The van der Waals surface area contributed by atoms with E-state index in [-0.39, 0.29) is 6.10 Å². The van der Waals surface area contributed by atoms with Crippen molar-refractivity contribution in [2.75, 3.05) is 45.3 Å². The van der Waals surface area contributed by atoms with Gasteiger partial charge >= 0.3 is 0 Å². The van der Waals surface area contributed by atoms with Gasteiger partial charge in [0.15, 0.2) is 0 Å². The number of anilines is 2. The molecule has 1 saturated heterocycles. The van der Waals surface area contributed by atoms with Crippen LogP contribution < -0.4 is 14.8 Å². The fourth-order valence-corrected chi connectivity index (χ4v) is 3.93. The molecule has 32 heavy (non-hydrogen) atoms. The standard InChI is InChI=1S/C24H25N5O3/c1-30-19-5-6-21-18(12-19)11-17(16-32-21)14-29-9-10-31-22(15-29)20-3-2-4-23(27-20)28-24-13-25-7-8-26-24/h2-8,11-13,22H,9-10,14-16H2,1H3,(H,26,27,28)/t22-/m0/s1. The number of morpholine rings is 1. The summed E-state index contributed by atoms with van der Waals surface area (Å²) < 4.78 is 17.3. The van der Waals surface area contributed by atoms with E-state index < -0.39 is 0 Å². The zero-order valence-electron chi connectivity index (χ0n) is 17.9. The number of nitrogens with zero attached hydrogens (tertiary/aromatic N) is 4. The first kappa shape index (κ1) is 20.4. The highest BCUT2D eigenvalue weighted by molar-refractivity contribution is 5.64. The lowest BCUT2D eigenvalue weighted by molar-refractivity contribution is -0.0293. The molecule has 1 N–H and O–H groups in total. The van der Waals surface area contributed by atoms with Crippen LogP contribution in [0.15, 0.2) is 60.6 Å². The van der Waals surface area contributed by atoms with Crippen LogP contribution in [0, 0.1) is 0 Å². The third-order valence-corrected chi connectivity index (χ3v) is 5.49. The predicted molar refractivity (Wildman–Crippen MR) is 121 cm³/mol. The maximum atomic E-state index is 6.05. The van der Waals surface area contributed by atoms with Gasteiger partial charge < -0.3 is 19.5 Å². The van der Waals surface area contributed by atoms with Crippen LogP contribution in [0.1, 0.15) is 17.4 Å². The Morgan fingerprint density at radius 1 is 1.19 bits per heavy atom. The normalized spacial score (nSPS) is 18.3. The highest BCUT2D eigenvalue weighted by Gasteiger charge is 2.25. The van der Waals surface area contributed by atoms with E-state index >= 15 is 0 Å². The van der Waals surface area contributed by atoms with E-state index in [0.717, 1.165) is 48.2 Å². The highest BCUT2D eigenvalue weighted by atomic mass is 16.5. The van der Waals surface area contributed by atoms with Crippen LogP contribution in [0.3, 0.4) is 0 Å². The number of fused-ring (bicyclic) bond motifs is 1. The summed E-state index contributed by atoms with van der Waals surface area (Å²) in [6.07, 6.45) is 7.06. The Bertz CT molecular complexity index is 1110. The number of hydrogen-bond donors (Lipinski definition) is 1. The molecule has 0 saturated carbocycles. The second-order valence-electron chi connectivity index (χ2n) is 7.75. The first-order valence-electron chi connectivity index (χ1n) is 10.6. The molecule has 1 aromatic carbocycles. The van der Waals surface area contributed by atoms with E-state index in [1.807, 2.05) is 36.4 Å². The van der Waals surface area contributed by atoms with E-state index in [4.69, 9.17) is 19.2 Å². The number of pyridine rings is 1. The van der Waals surface area contributed by atoms with Gasteiger partial charge in [-0.1, -0.05) is 6.07 Å². The van der Waals surface area contributed by atoms with Crippen LogP contribution in [-0.2, 0) is 4.74 Å². The molecule has 0 spiro atoms. The average Bonchev–Trinajstić information content (AvgIpc) is 2.84.